The Bertz CT molecular complexity index is 1410. The first-order chi connectivity index (χ1) is 19.9. The number of aromatic nitrogens is 2. The summed E-state index contributed by atoms with van der Waals surface area (Å²) in [5.41, 5.74) is 9.96. The maximum atomic E-state index is 5.11. The van der Waals surface area contributed by atoms with Crippen molar-refractivity contribution >= 4 is 0 Å². The lowest BCUT2D eigenvalue weighted by atomic mass is 9.73. The first kappa shape index (κ1) is 28.0. The van der Waals surface area contributed by atoms with Crippen LogP contribution in [0.3, 0.4) is 0 Å². The molecule has 2 aliphatic carbocycles. The third-order valence-corrected chi connectivity index (χ3v) is 10.6. The monoisotopic (exact) mass is 544 g/mol. The molecule has 2 saturated carbocycles. The Morgan fingerprint density at radius 2 is 1.27 bits per heavy atom. The Morgan fingerprint density at radius 1 is 0.707 bits per heavy atom. The molecule has 1 aromatic heterocycles. The fourth-order valence-electron chi connectivity index (χ4n) is 7.44. The largest absolute Gasteiger partial charge is 0.299 e. The molecule has 2 nitrogen and oxygen atoms in total. The van der Waals surface area contributed by atoms with Crippen molar-refractivity contribution in [3.8, 4) is 28.2 Å². The summed E-state index contributed by atoms with van der Waals surface area (Å²) in [5.74, 6) is 2.81. The summed E-state index contributed by atoms with van der Waals surface area (Å²) in [4.78, 5) is 5.11. The summed E-state index contributed by atoms with van der Waals surface area (Å²) in [7, 11) is 0. The summed E-state index contributed by atoms with van der Waals surface area (Å²) in [6.45, 7) is 9.46. The first-order valence-electron chi connectivity index (χ1n) is 16.3. The van der Waals surface area contributed by atoms with Gasteiger partial charge < -0.3 is 0 Å². The Kier molecular flexibility index (Phi) is 8.20. The normalized spacial score (nSPS) is 17.3. The van der Waals surface area contributed by atoms with E-state index in [1.165, 1.54) is 92.1 Å². The quantitative estimate of drug-likeness (QED) is 0.226. The number of hydrogen-bond donors (Lipinski definition) is 0. The molecule has 0 amide bonds. The van der Waals surface area contributed by atoms with E-state index < -0.39 is 0 Å². The molecule has 0 unspecified atom stereocenters. The van der Waals surface area contributed by atoms with Gasteiger partial charge in [-0.3, -0.25) is 4.57 Å². The van der Waals surface area contributed by atoms with E-state index in [0.29, 0.717) is 17.8 Å². The average Bonchev–Trinajstić information content (AvgIpc) is 3.51. The molecule has 0 N–H and O–H groups in total. The van der Waals surface area contributed by atoms with Crippen LogP contribution in [0.1, 0.15) is 120 Å². The van der Waals surface area contributed by atoms with Gasteiger partial charge in [-0.2, -0.15) is 0 Å². The second-order valence-electron chi connectivity index (χ2n) is 13.6. The van der Waals surface area contributed by atoms with Gasteiger partial charge in [0.2, 0.25) is 0 Å². The summed E-state index contributed by atoms with van der Waals surface area (Å²) < 4.78 is 2.50. The number of benzene rings is 3. The summed E-state index contributed by atoms with van der Waals surface area (Å²) in [6.07, 6.45) is 17.5. The molecule has 2 fully saturated rings. The minimum Gasteiger partial charge on any atom is -0.299 e. The van der Waals surface area contributed by atoms with Crippen LogP contribution in [-0.2, 0) is 5.41 Å². The van der Waals surface area contributed by atoms with Crippen LogP contribution in [0.2, 0.25) is 0 Å². The first-order valence-corrected chi connectivity index (χ1v) is 16.3. The molecule has 41 heavy (non-hydrogen) atoms. The number of nitrogens with zero attached hydrogens (tertiary/aromatic N) is 2. The van der Waals surface area contributed by atoms with Crippen molar-refractivity contribution in [2.45, 2.75) is 109 Å². The Balaban J connectivity index is 1.61. The SMILES string of the molecule is CC(C)C(C)(C)c1ccccc1-c1nccn1-c1c(C2CCCCC2)cc(-c2ccccc2)cc1C1CCCCC1. The molecule has 0 bridgehead atoms. The highest BCUT2D eigenvalue weighted by Crippen LogP contribution is 2.46. The lowest BCUT2D eigenvalue weighted by Crippen LogP contribution is -2.25. The third kappa shape index (κ3) is 5.55. The molecule has 214 valence electrons. The molecule has 2 aliphatic rings. The molecule has 1 heterocycles. The van der Waals surface area contributed by atoms with Crippen molar-refractivity contribution in [3.63, 3.8) is 0 Å². The minimum absolute atomic E-state index is 0.0446. The smallest absolute Gasteiger partial charge is 0.144 e. The zero-order valence-corrected chi connectivity index (χ0v) is 25.7. The number of imidazole rings is 1. The van der Waals surface area contributed by atoms with E-state index in [1.807, 2.05) is 6.20 Å². The van der Waals surface area contributed by atoms with Crippen molar-refractivity contribution in [1.82, 2.24) is 9.55 Å². The van der Waals surface area contributed by atoms with Gasteiger partial charge in [0.25, 0.3) is 0 Å². The van der Waals surface area contributed by atoms with Crippen LogP contribution in [-0.4, -0.2) is 9.55 Å². The maximum absolute atomic E-state index is 5.11. The van der Waals surface area contributed by atoms with Gasteiger partial charge in [0.15, 0.2) is 0 Å². The van der Waals surface area contributed by atoms with E-state index in [1.54, 1.807) is 11.1 Å². The van der Waals surface area contributed by atoms with Gasteiger partial charge in [0, 0.05) is 18.0 Å². The predicted molar refractivity (Wildman–Crippen MR) is 174 cm³/mol. The molecule has 4 aromatic rings. The summed E-state index contributed by atoms with van der Waals surface area (Å²) >= 11 is 0. The second kappa shape index (κ2) is 12.0. The number of hydrogen-bond acceptors (Lipinski definition) is 1. The molecular formula is C39H48N2. The van der Waals surface area contributed by atoms with Crippen LogP contribution in [0.5, 0.6) is 0 Å². The number of rotatable bonds is 7. The predicted octanol–water partition coefficient (Wildman–Crippen LogP) is 11.2. The van der Waals surface area contributed by atoms with E-state index in [-0.39, 0.29) is 5.41 Å². The molecule has 3 aromatic carbocycles. The molecule has 0 spiro atoms. The van der Waals surface area contributed by atoms with Crippen molar-refractivity contribution in [2.75, 3.05) is 0 Å². The van der Waals surface area contributed by atoms with Gasteiger partial charge in [-0.15, -0.1) is 0 Å². The van der Waals surface area contributed by atoms with Crippen molar-refractivity contribution in [3.05, 3.63) is 95.8 Å². The van der Waals surface area contributed by atoms with Gasteiger partial charge in [-0.05, 0) is 88.8 Å². The fourth-order valence-corrected chi connectivity index (χ4v) is 7.44. The highest BCUT2D eigenvalue weighted by Gasteiger charge is 2.31. The Hall–Kier alpha value is -3.13. The third-order valence-electron chi connectivity index (χ3n) is 10.6. The van der Waals surface area contributed by atoms with E-state index in [0.717, 1.165) is 5.82 Å². The van der Waals surface area contributed by atoms with Crippen LogP contribution in [0.25, 0.3) is 28.2 Å². The molecule has 0 aliphatic heterocycles. The highest BCUT2D eigenvalue weighted by atomic mass is 15.1. The fraction of sp³-hybridized carbons (Fsp3) is 0.462. The molecule has 2 heteroatoms. The standard InChI is InChI=1S/C39H48N2/c1-28(2)39(3,4)36-23-15-14-22-33(36)38-40-24-25-41(38)37-34(30-18-10-6-11-19-30)26-32(29-16-8-5-9-17-29)27-35(37)31-20-12-7-13-21-31/h5,8-9,14-17,22-28,30-31H,6-7,10-13,18-21H2,1-4H3. The maximum Gasteiger partial charge on any atom is 0.144 e. The van der Waals surface area contributed by atoms with E-state index in [9.17, 15) is 0 Å². The molecule has 0 radical (unpaired) electrons. The van der Waals surface area contributed by atoms with Crippen LogP contribution >= 0.6 is 0 Å². The highest BCUT2D eigenvalue weighted by molar-refractivity contribution is 5.72. The van der Waals surface area contributed by atoms with Gasteiger partial charge in [0.1, 0.15) is 5.82 Å². The van der Waals surface area contributed by atoms with E-state index in [2.05, 4.69) is 105 Å². The topological polar surface area (TPSA) is 17.8 Å². The van der Waals surface area contributed by atoms with Crippen molar-refractivity contribution in [2.24, 2.45) is 5.92 Å². The summed E-state index contributed by atoms with van der Waals surface area (Å²) in [5, 5.41) is 0. The Morgan fingerprint density at radius 3 is 1.85 bits per heavy atom. The van der Waals surface area contributed by atoms with Crippen molar-refractivity contribution < 1.29 is 0 Å². The van der Waals surface area contributed by atoms with Gasteiger partial charge in [-0.1, -0.05) is 121 Å². The average molecular weight is 545 g/mol. The van der Waals surface area contributed by atoms with E-state index >= 15 is 0 Å². The molecule has 6 rings (SSSR count). The van der Waals surface area contributed by atoms with Gasteiger partial charge >= 0.3 is 0 Å². The lowest BCUT2D eigenvalue weighted by Gasteiger charge is -2.33. The van der Waals surface area contributed by atoms with Crippen LogP contribution < -0.4 is 0 Å². The Labute approximate surface area is 248 Å². The second-order valence-corrected chi connectivity index (χ2v) is 13.6. The molecule has 0 atom stereocenters. The van der Waals surface area contributed by atoms with Gasteiger partial charge in [-0.25, -0.2) is 4.98 Å². The summed E-state index contributed by atoms with van der Waals surface area (Å²) in [6, 6.07) is 25.2. The molecular weight excluding hydrogens is 496 g/mol. The van der Waals surface area contributed by atoms with Crippen LogP contribution in [0.4, 0.5) is 0 Å². The van der Waals surface area contributed by atoms with E-state index in [4.69, 9.17) is 4.98 Å². The molecule has 0 saturated heterocycles. The van der Waals surface area contributed by atoms with Crippen molar-refractivity contribution in [1.29, 1.82) is 0 Å². The zero-order chi connectivity index (χ0) is 28.4. The lowest BCUT2D eigenvalue weighted by molar-refractivity contribution is 0.373. The van der Waals surface area contributed by atoms with Crippen LogP contribution in [0.15, 0.2) is 79.1 Å². The zero-order valence-electron chi connectivity index (χ0n) is 25.7. The minimum atomic E-state index is 0.0446. The van der Waals surface area contributed by atoms with Crippen LogP contribution in [0, 0.1) is 5.92 Å². The van der Waals surface area contributed by atoms with Gasteiger partial charge in [0.05, 0.1) is 5.69 Å².